The Hall–Kier alpha value is -1.70. The molecule has 2 aromatic rings. The summed E-state index contributed by atoms with van der Waals surface area (Å²) in [5.74, 6) is -3.80. The average Bonchev–Trinajstić information content (AvgIpc) is 2.59. The van der Waals surface area contributed by atoms with Gasteiger partial charge in [-0.15, -0.1) is 0 Å². The standard InChI is InChI=1S/C16H11ClF5IN2O3/c17-9-3-7(23)1-2-12(9)24-13-5-11(19)10(18)4-8(13)15(27)25-28-6-14(26)16(20,21)22/h1-5,14,24,26H,6H2,(H,25,27). The van der Waals surface area contributed by atoms with Gasteiger partial charge in [0.25, 0.3) is 5.91 Å². The van der Waals surface area contributed by atoms with Crippen LogP contribution in [-0.4, -0.2) is 29.9 Å². The van der Waals surface area contributed by atoms with Gasteiger partial charge in [0, 0.05) is 9.64 Å². The molecule has 1 amide bonds. The van der Waals surface area contributed by atoms with Crippen molar-refractivity contribution >= 4 is 51.5 Å². The molecule has 0 radical (unpaired) electrons. The first-order valence-electron chi connectivity index (χ1n) is 7.37. The SMILES string of the molecule is O=C(NOCC(O)C(F)(F)F)c1cc(F)c(F)cc1Nc1ccc(I)cc1Cl. The molecule has 3 N–H and O–H groups in total. The lowest BCUT2D eigenvalue weighted by atomic mass is 10.1. The molecule has 0 saturated carbocycles. The molecule has 1 unspecified atom stereocenters. The molecule has 0 saturated heterocycles. The Bertz CT molecular complexity index is 882. The van der Waals surface area contributed by atoms with E-state index in [1.165, 1.54) is 6.07 Å². The van der Waals surface area contributed by atoms with Gasteiger partial charge in [-0.25, -0.2) is 14.3 Å². The van der Waals surface area contributed by atoms with Gasteiger partial charge in [-0.1, -0.05) is 11.6 Å². The van der Waals surface area contributed by atoms with E-state index in [1.54, 1.807) is 17.6 Å². The minimum atomic E-state index is -4.94. The number of nitrogens with one attached hydrogen (secondary N) is 2. The van der Waals surface area contributed by atoms with E-state index in [1.807, 2.05) is 22.6 Å². The fraction of sp³-hybridized carbons (Fsp3) is 0.188. The number of alkyl halides is 3. The molecule has 0 bridgehead atoms. The van der Waals surface area contributed by atoms with E-state index >= 15 is 0 Å². The molecule has 0 aromatic heterocycles. The lowest BCUT2D eigenvalue weighted by Crippen LogP contribution is -2.36. The minimum Gasteiger partial charge on any atom is -0.381 e. The van der Waals surface area contributed by atoms with Crippen LogP contribution in [0.4, 0.5) is 33.3 Å². The van der Waals surface area contributed by atoms with Gasteiger partial charge < -0.3 is 10.4 Å². The van der Waals surface area contributed by atoms with Gasteiger partial charge in [0.05, 0.1) is 22.0 Å². The van der Waals surface area contributed by atoms with Gasteiger partial charge in [-0.3, -0.25) is 9.63 Å². The zero-order chi connectivity index (χ0) is 21.1. The van der Waals surface area contributed by atoms with Crippen LogP contribution in [0.15, 0.2) is 30.3 Å². The van der Waals surface area contributed by atoms with Crippen molar-refractivity contribution in [1.29, 1.82) is 0 Å². The van der Waals surface area contributed by atoms with Gasteiger partial charge in [-0.2, -0.15) is 13.2 Å². The molecule has 0 aliphatic rings. The van der Waals surface area contributed by atoms with Crippen molar-refractivity contribution in [3.8, 4) is 0 Å². The summed E-state index contributed by atoms with van der Waals surface area (Å²) < 4.78 is 64.6. The summed E-state index contributed by atoms with van der Waals surface area (Å²) >= 11 is 8.05. The molecule has 2 aromatic carbocycles. The lowest BCUT2D eigenvalue weighted by Gasteiger charge is -2.16. The zero-order valence-electron chi connectivity index (χ0n) is 13.6. The monoisotopic (exact) mass is 536 g/mol. The summed E-state index contributed by atoms with van der Waals surface area (Å²) in [4.78, 5) is 16.4. The summed E-state index contributed by atoms with van der Waals surface area (Å²) in [5, 5.41) is 11.7. The Morgan fingerprint density at radius 1 is 1.18 bits per heavy atom. The highest BCUT2D eigenvalue weighted by Crippen LogP contribution is 2.30. The van der Waals surface area contributed by atoms with Crippen LogP contribution in [-0.2, 0) is 4.84 Å². The van der Waals surface area contributed by atoms with Crippen molar-refractivity contribution < 1.29 is 36.7 Å². The molecule has 28 heavy (non-hydrogen) atoms. The Labute approximate surface area is 173 Å². The molecule has 0 heterocycles. The van der Waals surface area contributed by atoms with Crippen LogP contribution in [0.1, 0.15) is 10.4 Å². The number of amides is 1. The normalized spacial score (nSPS) is 12.6. The number of halogens is 7. The molecule has 0 aliphatic heterocycles. The molecule has 2 rings (SSSR count). The zero-order valence-corrected chi connectivity index (χ0v) is 16.5. The molecule has 0 aliphatic carbocycles. The number of benzene rings is 2. The predicted octanol–water partition coefficient (Wildman–Crippen LogP) is 4.55. The maximum absolute atomic E-state index is 13.6. The Morgan fingerprint density at radius 3 is 2.43 bits per heavy atom. The lowest BCUT2D eigenvalue weighted by molar-refractivity contribution is -0.221. The van der Waals surface area contributed by atoms with E-state index in [4.69, 9.17) is 16.7 Å². The van der Waals surface area contributed by atoms with Gasteiger partial charge in [0.1, 0.15) is 6.61 Å². The quantitative estimate of drug-likeness (QED) is 0.288. The van der Waals surface area contributed by atoms with Crippen molar-refractivity contribution in [3.05, 3.63) is 56.1 Å². The van der Waals surface area contributed by atoms with Crippen LogP contribution in [0.5, 0.6) is 0 Å². The fourth-order valence-electron chi connectivity index (χ4n) is 1.91. The van der Waals surface area contributed by atoms with E-state index in [2.05, 4.69) is 10.2 Å². The molecule has 152 valence electrons. The molecular weight excluding hydrogens is 526 g/mol. The number of hydrogen-bond donors (Lipinski definition) is 3. The summed E-state index contributed by atoms with van der Waals surface area (Å²) in [5.41, 5.74) is 1.24. The maximum atomic E-state index is 13.6. The number of hydrogen-bond acceptors (Lipinski definition) is 4. The number of carbonyl (C=O) groups is 1. The first-order chi connectivity index (χ1) is 13.0. The minimum absolute atomic E-state index is 0.209. The van der Waals surface area contributed by atoms with Crippen LogP contribution in [0.3, 0.4) is 0 Å². The van der Waals surface area contributed by atoms with Gasteiger partial charge in [-0.05, 0) is 46.9 Å². The van der Waals surface area contributed by atoms with E-state index in [0.29, 0.717) is 12.1 Å². The first kappa shape index (κ1) is 22.6. The third-order valence-electron chi connectivity index (χ3n) is 3.29. The highest BCUT2D eigenvalue weighted by molar-refractivity contribution is 14.1. The number of anilines is 2. The van der Waals surface area contributed by atoms with Crippen LogP contribution in [0, 0.1) is 15.2 Å². The van der Waals surface area contributed by atoms with Crippen molar-refractivity contribution in [2.45, 2.75) is 12.3 Å². The smallest absolute Gasteiger partial charge is 0.381 e. The molecule has 12 heteroatoms. The second-order valence-corrected chi connectivity index (χ2v) is 7.01. The van der Waals surface area contributed by atoms with E-state index in [-0.39, 0.29) is 16.4 Å². The summed E-state index contributed by atoms with van der Waals surface area (Å²) in [6.45, 7) is -1.29. The van der Waals surface area contributed by atoms with Gasteiger partial charge >= 0.3 is 6.18 Å². The second kappa shape index (κ2) is 9.20. The molecular formula is C16H11ClF5IN2O3. The maximum Gasteiger partial charge on any atom is 0.416 e. The number of rotatable bonds is 6. The van der Waals surface area contributed by atoms with E-state index in [0.717, 1.165) is 3.57 Å². The van der Waals surface area contributed by atoms with Crippen LogP contribution < -0.4 is 10.8 Å². The fourth-order valence-corrected chi connectivity index (χ4v) is 2.81. The van der Waals surface area contributed by atoms with Crippen LogP contribution >= 0.6 is 34.2 Å². The summed E-state index contributed by atoms with van der Waals surface area (Å²) in [7, 11) is 0. The molecule has 1 atom stereocenters. The van der Waals surface area contributed by atoms with Gasteiger partial charge in [0.15, 0.2) is 17.7 Å². The number of hydroxylamine groups is 1. The van der Waals surface area contributed by atoms with Crippen LogP contribution in [0.25, 0.3) is 0 Å². The molecule has 0 spiro atoms. The third kappa shape index (κ3) is 5.90. The predicted molar refractivity (Wildman–Crippen MR) is 99.3 cm³/mol. The van der Waals surface area contributed by atoms with E-state index in [9.17, 15) is 26.7 Å². The second-order valence-electron chi connectivity index (χ2n) is 5.36. The average molecular weight is 537 g/mol. The first-order valence-corrected chi connectivity index (χ1v) is 8.82. The van der Waals surface area contributed by atoms with Crippen molar-refractivity contribution in [1.82, 2.24) is 5.48 Å². The number of aliphatic hydroxyl groups is 1. The Kier molecular flexibility index (Phi) is 7.42. The van der Waals surface area contributed by atoms with Crippen LogP contribution in [0.2, 0.25) is 5.02 Å². The summed E-state index contributed by atoms with van der Waals surface area (Å²) in [6.07, 6.45) is -7.78. The number of carbonyl (C=O) groups excluding carboxylic acids is 1. The highest BCUT2D eigenvalue weighted by atomic mass is 127. The van der Waals surface area contributed by atoms with Gasteiger partial charge in [0.2, 0.25) is 0 Å². The Balaban J connectivity index is 2.21. The Morgan fingerprint density at radius 2 is 1.82 bits per heavy atom. The van der Waals surface area contributed by atoms with Crippen molar-refractivity contribution in [2.75, 3.05) is 11.9 Å². The highest BCUT2D eigenvalue weighted by Gasteiger charge is 2.38. The largest absolute Gasteiger partial charge is 0.416 e. The third-order valence-corrected chi connectivity index (χ3v) is 4.27. The molecule has 5 nitrogen and oxygen atoms in total. The molecule has 0 fully saturated rings. The number of aliphatic hydroxyl groups excluding tert-OH is 1. The van der Waals surface area contributed by atoms with Crippen molar-refractivity contribution in [3.63, 3.8) is 0 Å². The summed E-state index contributed by atoms with van der Waals surface area (Å²) in [6, 6.07) is 5.99. The van der Waals surface area contributed by atoms with E-state index < -0.39 is 42.0 Å². The topological polar surface area (TPSA) is 70.6 Å². The van der Waals surface area contributed by atoms with Crippen molar-refractivity contribution in [2.24, 2.45) is 0 Å².